The van der Waals surface area contributed by atoms with Crippen LogP contribution in [-0.4, -0.2) is 23.7 Å². The second-order valence-corrected chi connectivity index (χ2v) is 6.27. The van der Waals surface area contributed by atoms with Crippen molar-refractivity contribution < 1.29 is 9.53 Å². The molecule has 1 aromatic heterocycles. The van der Waals surface area contributed by atoms with Crippen LogP contribution in [0, 0.1) is 5.92 Å². The Morgan fingerprint density at radius 3 is 2.50 bits per heavy atom. The van der Waals surface area contributed by atoms with Gasteiger partial charge in [0.15, 0.2) is 5.75 Å². The Morgan fingerprint density at radius 2 is 1.92 bits per heavy atom. The second kappa shape index (κ2) is 8.66. The standard InChI is InChI=1S/C17H17Cl2N3O2/c1-11(2)10-24-16-14(18)7-12(8-15(16)19)9-21-22-17(23)13-3-5-20-6-4-13/h3-9,11H,10H2,1-2H3,(H,22,23)/b21-9-. The lowest BCUT2D eigenvalue weighted by atomic mass is 10.2. The van der Waals surface area contributed by atoms with Gasteiger partial charge in [0.25, 0.3) is 5.91 Å². The van der Waals surface area contributed by atoms with E-state index in [0.29, 0.717) is 39.4 Å². The quantitative estimate of drug-likeness (QED) is 0.616. The first-order valence-corrected chi connectivity index (χ1v) is 8.08. The molecule has 5 nitrogen and oxygen atoms in total. The van der Waals surface area contributed by atoms with E-state index in [4.69, 9.17) is 27.9 Å². The van der Waals surface area contributed by atoms with Gasteiger partial charge in [0.05, 0.1) is 22.9 Å². The highest BCUT2D eigenvalue weighted by atomic mass is 35.5. The third kappa shape index (κ3) is 5.22. The summed E-state index contributed by atoms with van der Waals surface area (Å²) < 4.78 is 5.60. The van der Waals surface area contributed by atoms with Crippen molar-refractivity contribution in [2.45, 2.75) is 13.8 Å². The summed E-state index contributed by atoms with van der Waals surface area (Å²) in [6, 6.07) is 6.54. The van der Waals surface area contributed by atoms with Crippen LogP contribution in [0.4, 0.5) is 0 Å². The predicted molar refractivity (Wildman–Crippen MR) is 96.1 cm³/mol. The molecule has 0 saturated carbocycles. The third-order valence-corrected chi connectivity index (χ3v) is 3.47. The molecule has 0 radical (unpaired) electrons. The summed E-state index contributed by atoms with van der Waals surface area (Å²) >= 11 is 12.4. The molecule has 0 aliphatic rings. The molecule has 0 atom stereocenters. The van der Waals surface area contributed by atoms with Crippen molar-refractivity contribution in [1.82, 2.24) is 10.4 Å². The van der Waals surface area contributed by atoms with E-state index in [1.807, 2.05) is 13.8 Å². The molecule has 24 heavy (non-hydrogen) atoms. The number of hydrogen-bond donors (Lipinski definition) is 1. The van der Waals surface area contributed by atoms with Gasteiger partial charge < -0.3 is 4.74 Å². The Balaban J connectivity index is 2.03. The lowest BCUT2D eigenvalue weighted by Gasteiger charge is -2.12. The van der Waals surface area contributed by atoms with Crippen LogP contribution in [-0.2, 0) is 0 Å². The summed E-state index contributed by atoms with van der Waals surface area (Å²) in [7, 11) is 0. The zero-order chi connectivity index (χ0) is 17.5. The fourth-order valence-electron chi connectivity index (χ4n) is 1.78. The van der Waals surface area contributed by atoms with Crippen molar-refractivity contribution in [2.75, 3.05) is 6.61 Å². The number of nitrogens with one attached hydrogen (secondary N) is 1. The summed E-state index contributed by atoms with van der Waals surface area (Å²) in [6.45, 7) is 4.59. The molecule has 1 amide bonds. The van der Waals surface area contributed by atoms with Crippen LogP contribution in [0.3, 0.4) is 0 Å². The molecule has 0 spiro atoms. The molecule has 2 rings (SSSR count). The highest BCUT2D eigenvalue weighted by Crippen LogP contribution is 2.34. The Bertz CT molecular complexity index is 711. The van der Waals surface area contributed by atoms with E-state index < -0.39 is 0 Å². The van der Waals surface area contributed by atoms with Crippen molar-refractivity contribution >= 4 is 35.3 Å². The fourth-order valence-corrected chi connectivity index (χ4v) is 2.39. The molecule has 0 saturated heterocycles. The van der Waals surface area contributed by atoms with Gasteiger partial charge in [-0.1, -0.05) is 37.0 Å². The summed E-state index contributed by atoms with van der Waals surface area (Å²) in [4.78, 5) is 15.7. The maximum Gasteiger partial charge on any atom is 0.271 e. The number of hydrogen-bond acceptors (Lipinski definition) is 4. The normalized spacial score (nSPS) is 11.0. The Kier molecular flexibility index (Phi) is 6.58. The molecular weight excluding hydrogens is 349 g/mol. The van der Waals surface area contributed by atoms with Crippen LogP contribution >= 0.6 is 23.2 Å². The Morgan fingerprint density at radius 1 is 1.29 bits per heavy atom. The van der Waals surface area contributed by atoms with Gasteiger partial charge >= 0.3 is 0 Å². The average Bonchev–Trinajstić information content (AvgIpc) is 2.54. The van der Waals surface area contributed by atoms with Crippen molar-refractivity contribution in [1.29, 1.82) is 0 Å². The van der Waals surface area contributed by atoms with Gasteiger partial charge in [-0.05, 0) is 35.7 Å². The number of rotatable bonds is 6. The van der Waals surface area contributed by atoms with E-state index in [9.17, 15) is 4.79 Å². The number of pyridine rings is 1. The molecule has 0 bridgehead atoms. The smallest absolute Gasteiger partial charge is 0.271 e. The van der Waals surface area contributed by atoms with Gasteiger partial charge in [0.2, 0.25) is 0 Å². The summed E-state index contributed by atoms with van der Waals surface area (Å²) in [5, 5.41) is 4.69. The monoisotopic (exact) mass is 365 g/mol. The van der Waals surface area contributed by atoms with Crippen molar-refractivity contribution in [3.8, 4) is 5.75 Å². The van der Waals surface area contributed by atoms with E-state index in [1.165, 1.54) is 18.6 Å². The predicted octanol–water partition coefficient (Wildman–Crippen LogP) is 4.19. The van der Waals surface area contributed by atoms with Gasteiger partial charge in [-0.2, -0.15) is 5.10 Å². The number of aromatic nitrogens is 1. The van der Waals surface area contributed by atoms with Crippen molar-refractivity contribution in [3.05, 3.63) is 57.8 Å². The first-order valence-electron chi connectivity index (χ1n) is 7.32. The number of hydrazone groups is 1. The van der Waals surface area contributed by atoms with Gasteiger partial charge in [-0.25, -0.2) is 5.43 Å². The molecule has 2 aromatic rings. The SMILES string of the molecule is CC(C)COc1c(Cl)cc(/C=N\NC(=O)c2ccncc2)cc1Cl. The highest BCUT2D eigenvalue weighted by Gasteiger charge is 2.10. The molecule has 0 aliphatic carbocycles. The summed E-state index contributed by atoms with van der Waals surface area (Å²) in [6.07, 6.45) is 4.53. The molecule has 1 heterocycles. The molecule has 1 N–H and O–H groups in total. The van der Waals surface area contributed by atoms with E-state index in [1.54, 1.807) is 24.3 Å². The van der Waals surface area contributed by atoms with Crippen LogP contribution in [0.1, 0.15) is 29.8 Å². The zero-order valence-electron chi connectivity index (χ0n) is 13.3. The van der Waals surface area contributed by atoms with Crippen molar-refractivity contribution in [3.63, 3.8) is 0 Å². The second-order valence-electron chi connectivity index (χ2n) is 5.45. The molecule has 0 fully saturated rings. The summed E-state index contributed by atoms with van der Waals surface area (Å²) in [5.41, 5.74) is 3.54. The van der Waals surface area contributed by atoms with E-state index in [2.05, 4.69) is 15.5 Å². The number of amides is 1. The summed E-state index contributed by atoms with van der Waals surface area (Å²) in [5.74, 6) is 0.481. The van der Waals surface area contributed by atoms with E-state index in [-0.39, 0.29) is 5.91 Å². The van der Waals surface area contributed by atoms with Gasteiger partial charge in [0, 0.05) is 18.0 Å². The first kappa shape index (κ1) is 18.2. The highest BCUT2D eigenvalue weighted by molar-refractivity contribution is 6.37. The average molecular weight is 366 g/mol. The van der Waals surface area contributed by atoms with E-state index >= 15 is 0 Å². The van der Waals surface area contributed by atoms with Crippen LogP contribution < -0.4 is 10.2 Å². The number of ether oxygens (including phenoxy) is 1. The zero-order valence-corrected chi connectivity index (χ0v) is 14.8. The number of carbonyl (C=O) groups is 1. The Labute approximate surface area is 150 Å². The Hall–Kier alpha value is -2.11. The van der Waals surface area contributed by atoms with Crippen molar-refractivity contribution in [2.24, 2.45) is 11.0 Å². The minimum absolute atomic E-state index is 0.331. The van der Waals surface area contributed by atoms with E-state index in [0.717, 1.165) is 0 Å². The van der Waals surface area contributed by atoms with Crippen LogP contribution in [0.2, 0.25) is 10.0 Å². The number of carbonyl (C=O) groups excluding carboxylic acids is 1. The van der Waals surface area contributed by atoms with Gasteiger partial charge in [-0.15, -0.1) is 0 Å². The molecule has 1 aromatic carbocycles. The van der Waals surface area contributed by atoms with Crippen LogP contribution in [0.15, 0.2) is 41.8 Å². The van der Waals surface area contributed by atoms with Gasteiger partial charge in [-0.3, -0.25) is 9.78 Å². The van der Waals surface area contributed by atoms with Crippen LogP contribution in [0.25, 0.3) is 0 Å². The maximum absolute atomic E-state index is 11.8. The lowest BCUT2D eigenvalue weighted by Crippen LogP contribution is -2.17. The fraction of sp³-hybridized carbons (Fsp3) is 0.235. The number of halogens is 2. The number of nitrogens with zero attached hydrogens (tertiary/aromatic N) is 2. The molecular formula is C17H17Cl2N3O2. The minimum atomic E-state index is -0.331. The maximum atomic E-state index is 11.8. The molecule has 0 unspecified atom stereocenters. The molecule has 7 heteroatoms. The number of benzene rings is 1. The first-order chi connectivity index (χ1) is 11.5. The van der Waals surface area contributed by atoms with Gasteiger partial charge in [0.1, 0.15) is 0 Å². The molecule has 0 aliphatic heterocycles. The van der Waals surface area contributed by atoms with Crippen LogP contribution in [0.5, 0.6) is 5.75 Å². The lowest BCUT2D eigenvalue weighted by molar-refractivity contribution is 0.0955. The minimum Gasteiger partial charge on any atom is -0.490 e. The third-order valence-electron chi connectivity index (χ3n) is 2.90. The molecule has 126 valence electrons. The largest absolute Gasteiger partial charge is 0.490 e. The topological polar surface area (TPSA) is 63.6 Å².